The third-order valence-corrected chi connectivity index (χ3v) is 13.0. The molecule has 18 nitrogen and oxygen atoms in total. The topological polar surface area (TPSA) is 255 Å². The molecule has 0 saturated carbocycles. The van der Waals surface area contributed by atoms with E-state index in [4.69, 9.17) is 30.4 Å². The molecule has 0 amide bonds. The Morgan fingerprint density at radius 2 is 0.900 bits per heavy atom. The number of halogens is 2. The number of para-hydroxylation sites is 2. The smallest absolute Gasteiger partial charge is 0.282 e. The van der Waals surface area contributed by atoms with E-state index < -0.39 is 34.3 Å². The largest absolute Gasteiger partial charge is 0.497 e. The highest BCUT2D eigenvalue weighted by Crippen LogP contribution is 2.34. The van der Waals surface area contributed by atoms with Crippen LogP contribution in [0.1, 0.15) is 43.2 Å². The fourth-order valence-corrected chi connectivity index (χ4v) is 9.27. The molecule has 0 radical (unpaired) electrons. The van der Waals surface area contributed by atoms with Crippen molar-refractivity contribution in [3.63, 3.8) is 0 Å². The quantitative estimate of drug-likeness (QED) is 0.0357. The Hall–Kier alpha value is -9.60. The molecule has 0 aliphatic heterocycles. The van der Waals surface area contributed by atoms with E-state index in [0.717, 1.165) is 0 Å². The van der Waals surface area contributed by atoms with E-state index >= 15 is 8.78 Å². The minimum atomic E-state index is -0.627. The van der Waals surface area contributed by atoms with Gasteiger partial charge in [0.15, 0.2) is 34.7 Å². The lowest BCUT2D eigenvalue weighted by atomic mass is 10.0. The number of nitrogens with two attached hydrogens (primary N) is 4. The van der Waals surface area contributed by atoms with Gasteiger partial charge in [-0.3, -0.25) is 50.2 Å². The van der Waals surface area contributed by atoms with E-state index in [-0.39, 0.29) is 35.5 Å². The van der Waals surface area contributed by atoms with Crippen LogP contribution in [0.25, 0.3) is 33.2 Å². The summed E-state index contributed by atoms with van der Waals surface area (Å²) in [6.07, 6.45) is 2.85. The SMILES string of the molecule is COc1ccc2c(Oc3ccc(CC(=O)c4c(C)n(CCN)n(-c5ccccc5)c4=O)cc3F)ccnc2c1.COc1ccc2c(Oc3ccc(CC(=O)c4c(C)n(CCN)n(-c5ccccc5)c4=O)cc3F)ccnc2c1.NN. The molecule has 10 rings (SSSR count). The van der Waals surface area contributed by atoms with E-state index in [1.807, 2.05) is 36.4 Å². The summed E-state index contributed by atoms with van der Waals surface area (Å²) in [5, 5.41) is 1.40. The molecule has 0 atom stereocenters. The van der Waals surface area contributed by atoms with Gasteiger partial charge >= 0.3 is 0 Å². The molecule has 0 saturated heterocycles. The zero-order valence-corrected chi connectivity index (χ0v) is 44.3. The van der Waals surface area contributed by atoms with Gasteiger partial charge in [0.1, 0.15) is 34.1 Å². The summed E-state index contributed by atoms with van der Waals surface area (Å²) in [5.74, 6) is 8.12. The lowest BCUT2D eigenvalue weighted by molar-refractivity contribution is 0.0982. The number of aromatic nitrogens is 6. The summed E-state index contributed by atoms with van der Waals surface area (Å²) in [7, 11) is 3.14. The van der Waals surface area contributed by atoms with E-state index in [1.165, 1.54) is 33.6 Å². The van der Waals surface area contributed by atoms with Crippen LogP contribution < -0.4 is 53.2 Å². The maximum Gasteiger partial charge on any atom is 0.282 e. The van der Waals surface area contributed by atoms with Gasteiger partial charge in [0.25, 0.3) is 11.1 Å². The summed E-state index contributed by atoms with van der Waals surface area (Å²) < 4.78 is 58.7. The molecule has 0 spiro atoms. The fraction of sp³-hybridized carbons (Fsp3) is 0.167. The molecule has 6 aromatic carbocycles. The van der Waals surface area contributed by atoms with Crippen molar-refractivity contribution in [2.75, 3.05) is 27.3 Å². The molecular weight excluding hydrogens is 1030 g/mol. The number of carbonyl (C=O) groups excluding carboxylic acids is 2. The number of hydrogen-bond acceptors (Lipinski definition) is 14. The molecule has 0 aliphatic rings. The molecule has 80 heavy (non-hydrogen) atoms. The maximum absolute atomic E-state index is 15.1. The second-order valence-corrected chi connectivity index (χ2v) is 18.0. The number of hydrogen-bond donors (Lipinski definition) is 4. The van der Waals surface area contributed by atoms with E-state index in [2.05, 4.69) is 21.7 Å². The molecule has 410 valence electrons. The predicted octanol–water partition coefficient (Wildman–Crippen LogP) is 8.46. The van der Waals surface area contributed by atoms with Crippen LogP contribution >= 0.6 is 0 Å². The average Bonchev–Trinajstić information content (AvgIpc) is 3.88. The van der Waals surface area contributed by atoms with E-state index in [1.54, 1.807) is 135 Å². The number of carbonyl (C=O) groups is 2. The Labute approximate surface area is 457 Å². The van der Waals surface area contributed by atoms with Crippen molar-refractivity contribution in [1.29, 1.82) is 0 Å². The second-order valence-electron chi connectivity index (χ2n) is 18.0. The molecule has 10 aromatic rings. The van der Waals surface area contributed by atoms with Crippen LogP contribution in [-0.2, 0) is 25.9 Å². The zero-order valence-electron chi connectivity index (χ0n) is 44.3. The number of ether oxygens (including phenoxy) is 4. The second kappa shape index (κ2) is 25.7. The van der Waals surface area contributed by atoms with Crippen molar-refractivity contribution in [2.24, 2.45) is 23.2 Å². The number of rotatable bonds is 18. The predicted molar refractivity (Wildman–Crippen MR) is 302 cm³/mol. The number of ketones is 2. The Bertz CT molecular complexity index is 3720. The number of fused-ring (bicyclic) bond motifs is 2. The van der Waals surface area contributed by atoms with Gasteiger partial charge in [0, 0.05) is 72.6 Å². The van der Waals surface area contributed by atoms with Crippen molar-refractivity contribution < 1.29 is 37.3 Å². The van der Waals surface area contributed by atoms with Crippen LogP contribution in [0.5, 0.6) is 34.5 Å². The number of nitrogens with zero attached hydrogens (tertiary/aromatic N) is 6. The molecule has 0 aliphatic carbocycles. The van der Waals surface area contributed by atoms with Gasteiger partial charge < -0.3 is 30.4 Å². The van der Waals surface area contributed by atoms with Gasteiger partial charge in [0.2, 0.25) is 0 Å². The molecular formula is C60H58F2N10O8. The van der Waals surface area contributed by atoms with Crippen molar-refractivity contribution in [3.05, 3.63) is 224 Å². The first-order valence-corrected chi connectivity index (χ1v) is 25.2. The molecule has 20 heteroatoms. The Balaban J connectivity index is 0.000000204. The lowest BCUT2D eigenvalue weighted by Gasteiger charge is -2.12. The molecule has 4 aromatic heterocycles. The summed E-state index contributed by atoms with van der Waals surface area (Å²) in [6.45, 7) is 4.75. The van der Waals surface area contributed by atoms with Crippen molar-refractivity contribution in [2.45, 2.75) is 39.8 Å². The summed E-state index contributed by atoms with van der Waals surface area (Å²) in [6, 6.07) is 40.8. The molecule has 8 N–H and O–H groups in total. The van der Waals surface area contributed by atoms with Gasteiger partial charge in [-0.05, 0) is 110 Å². The van der Waals surface area contributed by atoms with Crippen molar-refractivity contribution >= 4 is 33.4 Å². The molecule has 0 bridgehead atoms. The Morgan fingerprint density at radius 1 is 0.512 bits per heavy atom. The van der Waals surface area contributed by atoms with Crippen molar-refractivity contribution in [1.82, 2.24) is 28.7 Å². The monoisotopic (exact) mass is 1080 g/mol. The third-order valence-electron chi connectivity index (χ3n) is 13.0. The average molecular weight is 1090 g/mol. The summed E-state index contributed by atoms with van der Waals surface area (Å²) in [5.41, 5.74) is 15.3. The van der Waals surface area contributed by atoms with Crippen LogP contribution in [0.15, 0.2) is 168 Å². The Morgan fingerprint density at radius 3 is 1.25 bits per heavy atom. The first-order valence-electron chi connectivity index (χ1n) is 25.2. The Kier molecular flexibility index (Phi) is 18.2. The van der Waals surface area contributed by atoms with Gasteiger partial charge in [-0.2, -0.15) is 0 Å². The standard InChI is InChI=1S/2C30H27FN4O4.H4N2/c2*1-19-29(30(37)35(34(19)15-13-32)21-6-4-3-5-7-21)26(36)17-20-8-11-28(24(31)16-20)39-27-12-14-33-25-18-22(38-2)9-10-23(25)27;1-2/h2*3-12,14,16,18H,13,15,17,32H2,1-2H3;1-2H2. The van der Waals surface area contributed by atoms with Crippen LogP contribution in [0.3, 0.4) is 0 Å². The molecule has 0 unspecified atom stereocenters. The van der Waals surface area contributed by atoms with Gasteiger partial charge in [0.05, 0.1) is 49.7 Å². The highest BCUT2D eigenvalue weighted by molar-refractivity contribution is 5.99. The first kappa shape index (κ1) is 56.6. The number of benzene rings is 6. The summed E-state index contributed by atoms with van der Waals surface area (Å²) in [4.78, 5) is 62.0. The number of Topliss-reactive ketones (excluding diaryl/α,β-unsaturated/α-hetero) is 2. The third kappa shape index (κ3) is 12.1. The molecule has 0 fully saturated rings. The fourth-order valence-electron chi connectivity index (χ4n) is 9.27. The molecule has 4 heterocycles. The van der Waals surface area contributed by atoms with Crippen molar-refractivity contribution in [3.8, 4) is 45.9 Å². The van der Waals surface area contributed by atoms with Gasteiger partial charge in [-0.25, -0.2) is 18.1 Å². The number of methoxy groups -OCH3 is 2. The minimum Gasteiger partial charge on any atom is -0.497 e. The highest BCUT2D eigenvalue weighted by atomic mass is 19.1. The van der Waals surface area contributed by atoms with Gasteiger partial charge in [-0.1, -0.05) is 48.5 Å². The van der Waals surface area contributed by atoms with Crippen LogP contribution in [0.4, 0.5) is 8.78 Å². The first-order chi connectivity index (χ1) is 38.8. The van der Waals surface area contributed by atoms with Crippen LogP contribution in [0, 0.1) is 25.5 Å². The van der Waals surface area contributed by atoms with E-state index in [0.29, 0.717) is 105 Å². The van der Waals surface area contributed by atoms with Gasteiger partial charge in [-0.15, -0.1) is 0 Å². The number of hydrazine groups is 1. The minimum absolute atomic E-state index is 0.00577. The summed E-state index contributed by atoms with van der Waals surface area (Å²) >= 11 is 0. The van der Waals surface area contributed by atoms with Crippen LogP contribution in [0.2, 0.25) is 0 Å². The number of pyridine rings is 2. The zero-order chi connectivity index (χ0) is 57.0. The van der Waals surface area contributed by atoms with E-state index in [9.17, 15) is 19.2 Å². The maximum atomic E-state index is 15.1. The lowest BCUT2D eigenvalue weighted by Crippen LogP contribution is -2.25. The van der Waals surface area contributed by atoms with Crippen LogP contribution in [-0.4, -0.2) is 67.6 Å². The highest BCUT2D eigenvalue weighted by Gasteiger charge is 2.26. The normalized spacial score (nSPS) is 10.9.